The van der Waals surface area contributed by atoms with Crippen LogP contribution in [0.5, 0.6) is 5.75 Å². The van der Waals surface area contributed by atoms with Crippen LogP contribution in [0.4, 0.5) is 13.2 Å². The number of nitrogens with one attached hydrogen (secondary N) is 1. The van der Waals surface area contributed by atoms with E-state index in [-0.39, 0.29) is 23.1 Å². The molecular weight excluding hydrogens is 726 g/mol. The third-order valence-corrected chi connectivity index (χ3v) is 9.61. The van der Waals surface area contributed by atoms with Crippen LogP contribution in [-0.4, -0.2) is 87.1 Å². The fourth-order valence-electron chi connectivity index (χ4n) is 5.82. The van der Waals surface area contributed by atoms with E-state index < -0.39 is 22.2 Å². The fraction of sp³-hybridized carbons (Fsp3) is 0.308. The molecule has 2 amide bonds. The standard InChI is InChI=1S/C37H42N4O5S.C2HF3O2/c1-46-34-12-5-7-29(24-34)25-36(42)41(21-17-28-13-15-35(16-14-28)47(38,44)45)27-30-8-4-9-31(23-30)32-10-6-11-33(26-32)37(43)39-18-22-40-19-2-3-20-40;3-2(4,5)1(6)7/h4-16,23-24,26H,2-3,17-22,25,27H2,1H3,(H,39,43)(H2,38,44,45);(H,6,7). The third kappa shape index (κ3) is 13.0. The van der Waals surface area contributed by atoms with Crippen LogP contribution in [0.15, 0.2) is 102 Å². The molecule has 288 valence electrons. The van der Waals surface area contributed by atoms with Gasteiger partial charge in [0.05, 0.1) is 18.4 Å². The predicted octanol–water partition coefficient (Wildman–Crippen LogP) is 5.28. The first-order chi connectivity index (χ1) is 25.6. The number of carboxylic acid groups (broad SMARTS) is 1. The van der Waals surface area contributed by atoms with Gasteiger partial charge in [0.1, 0.15) is 5.75 Å². The van der Waals surface area contributed by atoms with Crippen molar-refractivity contribution in [2.75, 3.05) is 39.8 Å². The first-order valence-electron chi connectivity index (χ1n) is 17.1. The molecule has 0 aromatic heterocycles. The second kappa shape index (κ2) is 19.2. The number of hydrogen-bond acceptors (Lipinski definition) is 7. The zero-order valence-electron chi connectivity index (χ0n) is 29.7. The lowest BCUT2D eigenvalue weighted by molar-refractivity contribution is -0.192. The molecule has 0 spiro atoms. The molecule has 1 heterocycles. The van der Waals surface area contributed by atoms with Crippen LogP contribution in [0, 0.1) is 0 Å². The zero-order chi connectivity index (χ0) is 39.3. The average Bonchev–Trinajstić information content (AvgIpc) is 3.67. The Balaban J connectivity index is 0.000000845. The predicted molar refractivity (Wildman–Crippen MR) is 197 cm³/mol. The molecule has 1 saturated heterocycles. The SMILES string of the molecule is COc1cccc(CC(=O)N(CCc2ccc(S(N)(=O)=O)cc2)Cc2cccc(-c3cccc(C(=O)NCCN4CCCC4)c3)c2)c1.O=C(O)C(F)(F)F. The van der Waals surface area contributed by atoms with Crippen molar-refractivity contribution in [3.8, 4) is 16.9 Å². The quantitative estimate of drug-likeness (QED) is 0.156. The van der Waals surface area contributed by atoms with Crippen molar-refractivity contribution >= 4 is 27.8 Å². The van der Waals surface area contributed by atoms with Crippen molar-refractivity contribution in [3.63, 3.8) is 0 Å². The lowest BCUT2D eigenvalue weighted by Gasteiger charge is -2.24. The van der Waals surface area contributed by atoms with E-state index in [2.05, 4.69) is 16.3 Å². The van der Waals surface area contributed by atoms with Gasteiger partial charge in [-0.05, 0) is 103 Å². The minimum Gasteiger partial charge on any atom is -0.497 e. The molecular formula is C39H43F3N4O7S. The van der Waals surface area contributed by atoms with Crippen LogP contribution in [0.1, 0.15) is 39.9 Å². The van der Waals surface area contributed by atoms with Gasteiger partial charge in [-0.1, -0.05) is 54.6 Å². The first kappa shape index (κ1) is 41.5. The van der Waals surface area contributed by atoms with Crippen molar-refractivity contribution in [1.82, 2.24) is 15.1 Å². The molecule has 0 atom stereocenters. The summed E-state index contributed by atoms with van der Waals surface area (Å²) in [6.07, 6.45) is -1.90. The zero-order valence-corrected chi connectivity index (χ0v) is 30.5. The number of aliphatic carboxylic acids is 1. The minimum atomic E-state index is -5.08. The third-order valence-electron chi connectivity index (χ3n) is 8.68. The monoisotopic (exact) mass is 768 g/mol. The molecule has 15 heteroatoms. The summed E-state index contributed by atoms with van der Waals surface area (Å²) >= 11 is 0. The Morgan fingerprint density at radius 1 is 0.870 bits per heavy atom. The van der Waals surface area contributed by atoms with Gasteiger partial charge in [0.15, 0.2) is 0 Å². The number of amides is 2. The van der Waals surface area contributed by atoms with Gasteiger partial charge in [-0.3, -0.25) is 9.59 Å². The van der Waals surface area contributed by atoms with E-state index in [1.54, 1.807) is 19.2 Å². The lowest BCUT2D eigenvalue weighted by Crippen LogP contribution is -2.33. The number of alkyl halides is 3. The molecule has 4 aromatic carbocycles. The van der Waals surface area contributed by atoms with Gasteiger partial charge in [-0.25, -0.2) is 18.4 Å². The smallest absolute Gasteiger partial charge is 0.490 e. The van der Waals surface area contributed by atoms with Gasteiger partial charge in [0.2, 0.25) is 15.9 Å². The summed E-state index contributed by atoms with van der Waals surface area (Å²) in [4.78, 5) is 39.8. The van der Waals surface area contributed by atoms with Crippen LogP contribution < -0.4 is 15.2 Å². The van der Waals surface area contributed by atoms with E-state index in [4.69, 9.17) is 19.8 Å². The van der Waals surface area contributed by atoms with E-state index in [1.165, 1.54) is 25.0 Å². The Labute approximate surface area is 312 Å². The van der Waals surface area contributed by atoms with Crippen LogP contribution in [0.2, 0.25) is 0 Å². The molecule has 0 saturated carbocycles. The number of nitrogens with two attached hydrogens (primary N) is 1. The molecule has 1 aliphatic heterocycles. The highest BCUT2D eigenvalue weighted by Gasteiger charge is 2.38. The van der Waals surface area contributed by atoms with Gasteiger partial charge in [-0.2, -0.15) is 13.2 Å². The molecule has 0 bridgehead atoms. The number of rotatable bonds is 14. The maximum Gasteiger partial charge on any atom is 0.490 e. The Hall–Kier alpha value is -5.25. The number of carboxylic acids is 1. The number of primary sulfonamides is 1. The van der Waals surface area contributed by atoms with E-state index in [1.807, 2.05) is 71.6 Å². The van der Waals surface area contributed by atoms with Gasteiger partial charge >= 0.3 is 12.1 Å². The number of ether oxygens (including phenoxy) is 1. The molecule has 1 aliphatic rings. The van der Waals surface area contributed by atoms with Crippen LogP contribution >= 0.6 is 0 Å². The highest BCUT2D eigenvalue weighted by atomic mass is 32.2. The Kier molecular flexibility index (Phi) is 14.7. The summed E-state index contributed by atoms with van der Waals surface area (Å²) < 4.78 is 60.5. The van der Waals surface area contributed by atoms with Crippen molar-refractivity contribution in [3.05, 3.63) is 119 Å². The van der Waals surface area contributed by atoms with E-state index in [9.17, 15) is 31.2 Å². The normalized spacial score (nSPS) is 13.1. The molecule has 4 N–H and O–H groups in total. The Bertz CT molecular complexity index is 2000. The van der Waals surface area contributed by atoms with Gasteiger partial charge in [-0.15, -0.1) is 0 Å². The van der Waals surface area contributed by atoms with Gasteiger partial charge < -0.3 is 25.0 Å². The van der Waals surface area contributed by atoms with E-state index >= 15 is 0 Å². The summed E-state index contributed by atoms with van der Waals surface area (Å²) in [6, 6.07) is 29.5. The van der Waals surface area contributed by atoms with Gasteiger partial charge in [0.25, 0.3) is 5.91 Å². The summed E-state index contributed by atoms with van der Waals surface area (Å²) in [7, 11) is -2.19. The molecule has 5 rings (SSSR count). The van der Waals surface area contributed by atoms with Gasteiger partial charge in [0, 0.05) is 31.7 Å². The Morgan fingerprint density at radius 3 is 2.11 bits per heavy atom. The second-order valence-electron chi connectivity index (χ2n) is 12.7. The highest BCUT2D eigenvalue weighted by Crippen LogP contribution is 2.23. The summed E-state index contributed by atoms with van der Waals surface area (Å²) in [5.74, 6) is -2.20. The fourth-order valence-corrected chi connectivity index (χ4v) is 6.33. The maximum absolute atomic E-state index is 13.7. The van der Waals surface area contributed by atoms with Crippen molar-refractivity contribution in [2.45, 2.75) is 43.3 Å². The van der Waals surface area contributed by atoms with Crippen molar-refractivity contribution < 1.29 is 45.8 Å². The number of benzene rings is 4. The van der Waals surface area contributed by atoms with Crippen LogP contribution in [-0.2, 0) is 39.0 Å². The largest absolute Gasteiger partial charge is 0.497 e. The van der Waals surface area contributed by atoms with E-state index in [0.717, 1.165) is 47.5 Å². The topological polar surface area (TPSA) is 159 Å². The van der Waals surface area contributed by atoms with E-state index in [0.29, 0.717) is 37.4 Å². The number of nitrogens with zero attached hydrogens (tertiary/aromatic N) is 2. The summed E-state index contributed by atoms with van der Waals surface area (Å²) in [6.45, 7) is 4.48. The number of halogens is 3. The molecule has 11 nitrogen and oxygen atoms in total. The molecule has 1 fully saturated rings. The second-order valence-corrected chi connectivity index (χ2v) is 14.2. The Morgan fingerprint density at radius 2 is 1.48 bits per heavy atom. The molecule has 0 aliphatic carbocycles. The highest BCUT2D eigenvalue weighted by molar-refractivity contribution is 7.89. The number of carbonyl (C=O) groups is 3. The number of hydrogen-bond donors (Lipinski definition) is 3. The maximum atomic E-state index is 13.7. The van der Waals surface area contributed by atoms with Crippen molar-refractivity contribution in [2.24, 2.45) is 5.14 Å². The molecule has 0 unspecified atom stereocenters. The van der Waals surface area contributed by atoms with Crippen LogP contribution in [0.25, 0.3) is 11.1 Å². The number of carbonyl (C=O) groups excluding carboxylic acids is 2. The number of methoxy groups -OCH3 is 1. The lowest BCUT2D eigenvalue weighted by atomic mass is 10.0. The summed E-state index contributed by atoms with van der Waals surface area (Å²) in [5.41, 5.74) is 5.17. The molecule has 0 radical (unpaired) electrons. The van der Waals surface area contributed by atoms with Crippen molar-refractivity contribution in [1.29, 1.82) is 0 Å². The summed E-state index contributed by atoms with van der Waals surface area (Å²) in [5, 5.41) is 15.4. The molecule has 4 aromatic rings. The minimum absolute atomic E-state index is 0.0441. The molecule has 54 heavy (non-hydrogen) atoms. The average molecular weight is 769 g/mol. The first-order valence-corrected chi connectivity index (χ1v) is 18.7. The number of likely N-dealkylation sites (tertiary alicyclic amines) is 1. The number of sulfonamides is 1. The van der Waals surface area contributed by atoms with Crippen LogP contribution in [0.3, 0.4) is 0 Å².